The lowest BCUT2D eigenvalue weighted by molar-refractivity contribution is -0.144. The van der Waals surface area contributed by atoms with Crippen LogP contribution in [0.3, 0.4) is 0 Å². The molecule has 1 saturated carbocycles. The SMILES string of the molecule is CCOC(=O)C[C@H]1CC[C@H](c2ccc(-c3ccc4nc(C(=O)NC(C)(C)c5ccc(F)cc5)cn4c3)cc2)CC1. The third-order valence-electron chi connectivity index (χ3n) is 8.00. The molecule has 1 aliphatic rings. The van der Waals surface area contributed by atoms with Crippen molar-refractivity contribution in [2.24, 2.45) is 5.92 Å². The number of nitrogens with one attached hydrogen (secondary N) is 1. The van der Waals surface area contributed by atoms with Crippen LogP contribution in [0.5, 0.6) is 0 Å². The van der Waals surface area contributed by atoms with E-state index >= 15 is 0 Å². The summed E-state index contributed by atoms with van der Waals surface area (Å²) in [6.45, 7) is 6.06. The minimum Gasteiger partial charge on any atom is -0.466 e. The number of nitrogens with zero attached hydrogens (tertiary/aromatic N) is 2. The molecule has 0 aliphatic heterocycles. The van der Waals surface area contributed by atoms with Gasteiger partial charge in [-0.15, -0.1) is 0 Å². The second-order valence-corrected chi connectivity index (χ2v) is 11.2. The van der Waals surface area contributed by atoms with E-state index in [1.54, 1.807) is 18.3 Å². The van der Waals surface area contributed by atoms with Crippen LogP contribution in [-0.2, 0) is 15.1 Å². The number of halogens is 1. The molecular weight excluding hydrogens is 505 g/mol. The first-order valence-electron chi connectivity index (χ1n) is 14.0. The highest BCUT2D eigenvalue weighted by molar-refractivity contribution is 5.93. The van der Waals surface area contributed by atoms with Crippen LogP contribution in [0.1, 0.15) is 80.4 Å². The maximum absolute atomic E-state index is 13.3. The average molecular weight is 542 g/mol. The summed E-state index contributed by atoms with van der Waals surface area (Å²) in [5, 5.41) is 3.01. The fourth-order valence-corrected chi connectivity index (χ4v) is 5.66. The first-order chi connectivity index (χ1) is 19.2. The van der Waals surface area contributed by atoms with Gasteiger partial charge in [-0.25, -0.2) is 9.37 Å². The Balaban J connectivity index is 1.24. The number of benzene rings is 2. The van der Waals surface area contributed by atoms with Gasteiger partial charge in [-0.1, -0.05) is 36.4 Å². The Bertz CT molecular complexity index is 1480. The Labute approximate surface area is 234 Å². The van der Waals surface area contributed by atoms with Gasteiger partial charge in [0.15, 0.2) is 0 Å². The van der Waals surface area contributed by atoms with E-state index in [2.05, 4.69) is 34.6 Å². The van der Waals surface area contributed by atoms with Crippen molar-refractivity contribution in [2.45, 2.75) is 64.3 Å². The molecule has 5 rings (SSSR count). The van der Waals surface area contributed by atoms with Crippen molar-refractivity contribution >= 4 is 17.5 Å². The van der Waals surface area contributed by atoms with Gasteiger partial charge >= 0.3 is 5.97 Å². The highest BCUT2D eigenvalue weighted by Crippen LogP contribution is 2.37. The molecule has 6 nitrogen and oxygen atoms in total. The van der Waals surface area contributed by atoms with Crippen LogP contribution < -0.4 is 5.32 Å². The summed E-state index contributed by atoms with van der Waals surface area (Å²) in [6.07, 6.45) is 8.54. The number of esters is 1. The van der Waals surface area contributed by atoms with Crippen molar-refractivity contribution in [1.29, 1.82) is 0 Å². The van der Waals surface area contributed by atoms with Crippen LogP contribution in [0, 0.1) is 11.7 Å². The zero-order valence-corrected chi connectivity index (χ0v) is 23.3. The second kappa shape index (κ2) is 11.6. The van der Waals surface area contributed by atoms with Gasteiger partial charge in [0.1, 0.15) is 17.2 Å². The normalized spacial score (nSPS) is 17.5. The predicted molar refractivity (Wildman–Crippen MR) is 153 cm³/mol. The number of aromatic nitrogens is 2. The number of imidazole rings is 1. The van der Waals surface area contributed by atoms with Crippen molar-refractivity contribution in [1.82, 2.24) is 14.7 Å². The minimum absolute atomic E-state index is 0.0771. The van der Waals surface area contributed by atoms with Crippen LogP contribution in [-0.4, -0.2) is 27.9 Å². The number of fused-ring (bicyclic) bond motifs is 1. The van der Waals surface area contributed by atoms with E-state index in [0.29, 0.717) is 36.2 Å². The molecule has 2 heterocycles. The molecule has 0 radical (unpaired) electrons. The zero-order chi connectivity index (χ0) is 28.3. The summed E-state index contributed by atoms with van der Waals surface area (Å²) < 4.78 is 20.3. The third kappa shape index (κ3) is 6.24. The first kappa shape index (κ1) is 27.6. The van der Waals surface area contributed by atoms with Gasteiger partial charge in [0.2, 0.25) is 0 Å². The van der Waals surface area contributed by atoms with Gasteiger partial charge in [-0.05, 0) is 105 Å². The van der Waals surface area contributed by atoms with Crippen LogP contribution >= 0.6 is 0 Å². The smallest absolute Gasteiger partial charge is 0.306 e. The molecule has 0 bridgehead atoms. The summed E-state index contributed by atoms with van der Waals surface area (Å²) >= 11 is 0. The lowest BCUT2D eigenvalue weighted by Gasteiger charge is -2.28. The quantitative estimate of drug-likeness (QED) is 0.243. The molecule has 0 spiro atoms. The first-order valence-corrected chi connectivity index (χ1v) is 14.0. The third-order valence-corrected chi connectivity index (χ3v) is 8.00. The number of carbonyl (C=O) groups excluding carboxylic acids is 2. The van der Waals surface area contributed by atoms with Gasteiger partial charge < -0.3 is 14.5 Å². The van der Waals surface area contributed by atoms with Crippen molar-refractivity contribution in [3.8, 4) is 11.1 Å². The topological polar surface area (TPSA) is 72.7 Å². The number of hydrogen-bond acceptors (Lipinski definition) is 4. The van der Waals surface area contributed by atoms with Gasteiger partial charge in [0.25, 0.3) is 5.91 Å². The predicted octanol–water partition coefficient (Wildman–Crippen LogP) is 7.03. The summed E-state index contributed by atoms with van der Waals surface area (Å²) in [7, 11) is 0. The molecule has 1 N–H and O–H groups in total. The number of hydrogen-bond donors (Lipinski definition) is 1. The fraction of sp³-hybridized carbons (Fsp3) is 0.364. The van der Waals surface area contributed by atoms with Crippen molar-refractivity contribution in [3.63, 3.8) is 0 Å². The molecule has 0 atom stereocenters. The van der Waals surface area contributed by atoms with E-state index in [0.717, 1.165) is 42.4 Å². The summed E-state index contributed by atoms with van der Waals surface area (Å²) in [5.74, 6) is 0.264. The number of rotatable bonds is 8. The number of amides is 1. The Morgan fingerprint density at radius 1 is 0.950 bits per heavy atom. The van der Waals surface area contributed by atoms with Crippen molar-refractivity contribution in [2.75, 3.05) is 6.61 Å². The van der Waals surface area contributed by atoms with E-state index in [1.807, 2.05) is 43.5 Å². The number of ether oxygens (including phenoxy) is 1. The minimum atomic E-state index is -0.687. The molecule has 208 valence electrons. The fourth-order valence-electron chi connectivity index (χ4n) is 5.66. The zero-order valence-electron chi connectivity index (χ0n) is 23.3. The second-order valence-electron chi connectivity index (χ2n) is 11.2. The Morgan fingerprint density at radius 3 is 2.30 bits per heavy atom. The van der Waals surface area contributed by atoms with E-state index < -0.39 is 5.54 Å². The Kier molecular flexibility index (Phi) is 8.01. The van der Waals surface area contributed by atoms with Crippen LogP contribution in [0.2, 0.25) is 0 Å². The molecule has 40 heavy (non-hydrogen) atoms. The molecule has 0 unspecified atom stereocenters. The van der Waals surface area contributed by atoms with Gasteiger partial charge in [0, 0.05) is 18.8 Å². The summed E-state index contributed by atoms with van der Waals surface area (Å²) in [6, 6.07) is 18.8. The molecule has 0 saturated heterocycles. The maximum atomic E-state index is 13.3. The maximum Gasteiger partial charge on any atom is 0.306 e. The molecule has 2 aromatic carbocycles. The van der Waals surface area contributed by atoms with Gasteiger partial charge in [-0.3, -0.25) is 9.59 Å². The summed E-state index contributed by atoms with van der Waals surface area (Å²) in [4.78, 5) is 29.4. The highest BCUT2D eigenvalue weighted by atomic mass is 19.1. The van der Waals surface area contributed by atoms with Crippen LogP contribution in [0.4, 0.5) is 4.39 Å². The number of pyridine rings is 1. The standard InChI is InChI=1S/C33H36FN3O3/c1-4-40-31(38)19-22-5-7-23(8-6-22)24-9-11-25(12-10-24)26-13-18-30-35-29(21-37(30)20-26)32(39)36-33(2,3)27-14-16-28(34)17-15-27/h9-18,20-23H,4-8,19H2,1-3H3,(H,36,39)/t22-,23-. The van der Waals surface area contributed by atoms with Gasteiger partial charge in [-0.2, -0.15) is 0 Å². The van der Waals surface area contributed by atoms with E-state index in [1.165, 1.54) is 17.7 Å². The molecule has 7 heteroatoms. The van der Waals surface area contributed by atoms with Crippen molar-refractivity contribution < 1.29 is 18.7 Å². The van der Waals surface area contributed by atoms with E-state index in [4.69, 9.17) is 4.74 Å². The lowest BCUT2D eigenvalue weighted by atomic mass is 9.77. The lowest BCUT2D eigenvalue weighted by Crippen LogP contribution is -2.41. The Morgan fingerprint density at radius 2 is 1.62 bits per heavy atom. The molecule has 1 aliphatic carbocycles. The van der Waals surface area contributed by atoms with E-state index in [-0.39, 0.29) is 17.7 Å². The molecule has 4 aromatic rings. The molecular formula is C33H36FN3O3. The molecule has 1 amide bonds. The number of carbonyl (C=O) groups is 2. The summed E-state index contributed by atoms with van der Waals surface area (Å²) in [5.41, 5.74) is 4.59. The van der Waals surface area contributed by atoms with Crippen molar-refractivity contribution in [3.05, 3.63) is 95.7 Å². The van der Waals surface area contributed by atoms with Crippen LogP contribution in [0.25, 0.3) is 16.8 Å². The monoisotopic (exact) mass is 541 g/mol. The van der Waals surface area contributed by atoms with Gasteiger partial charge in [0.05, 0.1) is 12.1 Å². The molecule has 1 fully saturated rings. The van der Waals surface area contributed by atoms with E-state index in [9.17, 15) is 14.0 Å². The molecule has 2 aromatic heterocycles. The highest BCUT2D eigenvalue weighted by Gasteiger charge is 2.26. The largest absolute Gasteiger partial charge is 0.466 e. The Hall–Kier alpha value is -4.00. The van der Waals surface area contributed by atoms with Crippen LogP contribution in [0.15, 0.2) is 73.1 Å². The average Bonchev–Trinajstić information content (AvgIpc) is 3.38.